The van der Waals surface area contributed by atoms with Gasteiger partial charge in [0.2, 0.25) is 0 Å². The topological polar surface area (TPSA) is 58.4 Å². The predicted octanol–water partition coefficient (Wildman–Crippen LogP) is 2.07. The molecule has 0 spiro atoms. The summed E-state index contributed by atoms with van der Waals surface area (Å²) in [4.78, 5) is 17.7. The van der Waals surface area contributed by atoms with Gasteiger partial charge in [0.25, 0.3) is 0 Å². The lowest BCUT2D eigenvalue weighted by Crippen LogP contribution is -2.30. The Morgan fingerprint density at radius 3 is 3.00 bits per heavy atom. The van der Waals surface area contributed by atoms with E-state index in [0.717, 1.165) is 43.0 Å². The molecule has 5 nitrogen and oxygen atoms in total. The Morgan fingerprint density at radius 2 is 2.30 bits per heavy atom. The number of hydrogen-bond donors (Lipinski definition) is 1. The molecule has 0 fully saturated rings. The lowest BCUT2D eigenvalue weighted by atomic mass is 9.99. The Hall–Kier alpha value is -2.30. The maximum absolute atomic E-state index is 11.0. The summed E-state index contributed by atoms with van der Waals surface area (Å²) in [7, 11) is 1.99. The van der Waals surface area contributed by atoms with Gasteiger partial charge in [0.15, 0.2) is 0 Å². The highest BCUT2D eigenvalue weighted by atomic mass is 16.4. The summed E-state index contributed by atoms with van der Waals surface area (Å²) in [5.74, 6) is 0.147. The van der Waals surface area contributed by atoms with E-state index >= 15 is 0 Å². The Bertz CT molecular complexity index is 648. The third kappa shape index (κ3) is 2.27. The third-order valence-electron chi connectivity index (χ3n) is 3.79. The zero-order valence-corrected chi connectivity index (χ0v) is 11.4. The lowest BCUT2D eigenvalue weighted by Gasteiger charge is -2.31. The van der Waals surface area contributed by atoms with Crippen LogP contribution in [0.5, 0.6) is 0 Å². The Morgan fingerprint density at radius 1 is 1.45 bits per heavy atom. The van der Waals surface area contributed by atoms with Gasteiger partial charge in [0.05, 0.1) is 12.1 Å². The van der Waals surface area contributed by atoms with E-state index in [4.69, 9.17) is 5.11 Å². The van der Waals surface area contributed by atoms with Crippen LogP contribution in [0.15, 0.2) is 30.6 Å². The van der Waals surface area contributed by atoms with Gasteiger partial charge in [-0.05, 0) is 36.6 Å². The van der Waals surface area contributed by atoms with E-state index in [1.807, 2.05) is 23.9 Å². The highest BCUT2D eigenvalue weighted by molar-refractivity contribution is 5.88. The lowest BCUT2D eigenvalue weighted by molar-refractivity contribution is 0.0697. The minimum atomic E-state index is -0.867. The molecule has 0 amide bonds. The van der Waals surface area contributed by atoms with Gasteiger partial charge in [0, 0.05) is 31.7 Å². The second-order valence-corrected chi connectivity index (χ2v) is 5.13. The number of benzene rings is 1. The number of carbonyl (C=O) groups is 1. The number of fused-ring (bicyclic) bond motifs is 1. The molecule has 2 heterocycles. The fraction of sp³-hybridized carbons (Fsp3) is 0.333. The van der Waals surface area contributed by atoms with Crippen molar-refractivity contribution in [2.24, 2.45) is 7.05 Å². The molecule has 0 aliphatic carbocycles. The van der Waals surface area contributed by atoms with E-state index in [1.165, 1.54) is 0 Å². The van der Waals surface area contributed by atoms with Crippen LogP contribution < -0.4 is 4.90 Å². The molecule has 104 valence electrons. The van der Waals surface area contributed by atoms with Gasteiger partial charge < -0.3 is 14.6 Å². The average Bonchev–Trinajstić information content (AvgIpc) is 2.84. The highest BCUT2D eigenvalue weighted by Crippen LogP contribution is 2.29. The molecular formula is C15H17N3O2. The van der Waals surface area contributed by atoms with Gasteiger partial charge in [-0.1, -0.05) is 0 Å². The third-order valence-corrected chi connectivity index (χ3v) is 3.79. The van der Waals surface area contributed by atoms with Gasteiger partial charge >= 0.3 is 5.97 Å². The number of rotatable bonds is 3. The Kier molecular flexibility index (Phi) is 3.18. The summed E-state index contributed by atoms with van der Waals surface area (Å²) < 4.78 is 2.01. The normalized spacial score (nSPS) is 14.2. The van der Waals surface area contributed by atoms with E-state index in [9.17, 15) is 4.79 Å². The summed E-state index contributed by atoms with van der Waals surface area (Å²) in [5, 5.41) is 9.07. The molecule has 0 atom stereocenters. The zero-order valence-electron chi connectivity index (χ0n) is 11.4. The largest absolute Gasteiger partial charge is 0.478 e. The van der Waals surface area contributed by atoms with Crippen LogP contribution in [0, 0.1) is 0 Å². The van der Waals surface area contributed by atoms with E-state index in [2.05, 4.69) is 9.88 Å². The molecule has 20 heavy (non-hydrogen) atoms. The van der Waals surface area contributed by atoms with Gasteiger partial charge in [0.1, 0.15) is 5.82 Å². The van der Waals surface area contributed by atoms with Crippen molar-refractivity contribution in [1.82, 2.24) is 9.55 Å². The van der Waals surface area contributed by atoms with Gasteiger partial charge in [-0.25, -0.2) is 9.78 Å². The Balaban J connectivity index is 1.90. The maximum Gasteiger partial charge on any atom is 0.335 e. The summed E-state index contributed by atoms with van der Waals surface area (Å²) in [5.41, 5.74) is 2.61. The number of aryl methyl sites for hydroxylation is 2. The number of carboxylic acid groups (broad SMARTS) is 1. The molecule has 0 radical (unpaired) electrons. The number of aromatic nitrogens is 2. The van der Waals surface area contributed by atoms with Crippen molar-refractivity contribution in [2.75, 3.05) is 11.4 Å². The van der Waals surface area contributed by atoms with Crippen molar-refractivity contribution in [3.63, 3.8) is 0 Å². The smallest absolute Gasteiger partial charge is 0.335 e. The first-order valence-corrected chi connectivity index (χ1v) is 6.72. The van der Waals surface area contributed by atoms with Crippen LogP contribution in [0.1, 0.15) is 28.2 Å². The van der Waals surface area contributed by atoms with Crippen molar-refractivity contribution < 1.29 is 9.90 Å². The fourth-order valence-electron chi connectivity index (χ4n) is 2.69. The van der Waals surface area contributed by atoms with Gasteiger partial charge in [-0.15, -0.1) is 0 Å². The van der Waals surface area contributed by atoms with Crippen molar-refractivity contribution in [3.8, 4) is 0 Å². The molecular weight excluding hydrogens is 254 g/mol. The van der Waals surface area contributed by atoms with Crippen molar-refractivity contribution in [2.45, 2.75) is 19.4 Å². The van der Waals surface area contributed by atoms with Crippen LogP contribution >= 0.6 is 0 Å². The van der Waals surface area contributed by atoms with Crippen molar-refractivity contribution in [1.29, 1.82) is 0 Å². The first-order valence-electron chi connectivity index (χ1n) is 6.72. The Labute approximate surface area is 117 Å². The fourth-order valence-corrected chi connectivity index (χ4v) is 2.69. The number of anilines is 1. The first kappa shape index (κ1) is 12.7. The van der Waals surface area contributed by atoms with Crippen LogP contribution in [-0.4, -0.2) is 27.2 Å². The molecule has 1 N–H and O–H groups in total. The van der Waals surface area contributed by atoms with Gasteiger partial charge in [-0.3, -0.25) is 0 Å². The maximum atomic E-state index is 11.0. The summed E-state index contributed by atoms with van der Waals surface area (Å²) in [6.45, 7) is 1.73. The second kappa shape index (κ2) is 5.00. The highest BCUT2D eigenvalue weighted by Gasteiger charge is 2.19. The molecule has 1 aliphatic heterocycles. The minimum Gasteiger partial charge on any atom is -0.478 e. The number of nitrogens with zero attached hydrogens (tertiary/aromatic N) is 3. The van der Waals surface area contributed by atoms with Crippen LogP contribution in [-0.2, 0) is 20.0 Å². The molecule has 0 unspecified atom stereocenters. The molecule has 0 bridgehead atoms. The van der Waals surface area contributed by atoms with E-state index in [1.54, 1.807) is 18.3 Å². The number of aromatic carboxylic acids is 1. The standard InChI is InChI=1S/C15H17N3O2/c1-17-8-6-16-14(17)10-18-7-2-3-11-9-12(15(19)20)4-5-13(11)18/h4-6,8-9H,2-3,7,10H2,1H3,(H,19,20). The monoisotopic (exact) mass is 271 g/mol. The predicted molar refractivity (Wildman–Crippen MR) is 76.0 cm³/mol. The van der Waals surface area contributed by atoms with Crippen LogP contribution in [0.2, 0.25) is 0 Å². The molecule has 2 aromatic rings. The summed E-state index contributed by atoms with van der Waals surface area (Å²) >= 11 is 0. The summed E-state index contributed by atoms with van der Waals surface area (Å²) in [6, 6.07) is 5.39. The average molecular weight is 271 g/mol. The summed E-state index contributed by atoms with van der Waals surface area (Å²) in [6.07, 6.45) is 5.72. The SMILES string of the molecule is Cn1ccnc1CN1CCCc2cc(C(=O)O)ccc21. The van der Waals surface area contributed by atoms with Gasteiger partial charge in [-0.2, -0.15) is 0 Å². The molecule has 5 heteroatoms. The molecule has 1 aliphatic rings. The minimum absolute atomic E-state index is 0.364. The zero-order chi connectivity index (χ0) is 14.1. The van der Waals surface area contributed by atoms with Crippen LogP contribution in [0.4, 0.5) is 5.69 Å². The quantitative estimate of drug-likeness (QED) is 0.928. The molecule has 1 aromatic heterocycles. The van der Waals surface area contributed by atoms with Crippen molar-refractivity contribution in [3.05, 3.63) is 47.5 Å². The molecule has 3 rings (SSSR count). The van der Waals surface area contributed by atoms with Crippen molar-refractivity contribution >= 4 is 11.7 Å². The molecule has 0 saturated carbocycles. The number of imidazole rings is 1. The van der Waals surface area contributed by atoms with E-state index in [-0.39, 0.29) is 0 Å². The number of carboxylic acids is 1. The molecule has 0 saturated heterocycles. The second-order valence-electron chi connectivity index (χ2n) is 5.13. The van der Waals surface area contributed by atoms with E-state index < -0.39 is 5.97 Å². The van der Waals surface area contributed by atoms with Crippen LogP contribution in [0.25, 0.3) is 0 Å². The first-order chi connectivity index (χ1) is 9.65. The number of hydrogen-bond acceptors (Lipinski definition) is 3. The van der Waals surface area contributed by atoms with Crippen LogP contribution in [0.3, 0.4) is 0 Å². The van der Waals surface area contributed by atoms with E-state index in [0.29, 0.717) is 5.56 Å². The molecule has 1 aromatic carbocycles.